The summed E-state index contributed by atoms with van der Waals surface area (Å²) in [6.45, 7) is 2.45. The van der Waals surface area contributed by atoms with Crippen molar-refractivity contribution in [2.24, 2.45) is 0 Å². The molecule has 0 aromatic rings. The van der Waals surface area contributed by atoms with Crippen LogP contribution in [0.5, 0.6) is 0 Å². The number of aliphatic hydroxyl groups is 1. The Hall–Kier alpha value is 0.460. The highest BCUT2D eigenvalue weighted by atomic mass is 35.5. The van der Waals surface area contributed by atoms with Crippen molar-refractivity contribution in [2.75, 3.05) is 33.7 Å². The van der Waals surface area contributed by atoms with E-state index in [1.807, 2.05) is 19.0 Å². The van der Waals surface area contributed by atoms with Gasteiger partial charge < -0.3 is 15.3 Å². The topological polar surface area (TPSA) is 35.5 Å². The van der Waals surface area contributed by atoms with Crippen LogP contribution in [0.1, 0.15) is 6.42 Å². The highest BCUT2D eigenvalue weighted by molar-refractivity contribution is 5.85. The fraction of sp³-hybridized carbons (Fsp3) is 1.00. The van der Waals surface area contributed by atoms with Gasteiger partial charge in [0.1, 0.15) is 0 Å². The van der Waals surface area contributed by atoms with E-state index in [0.717, 1.165) is 26.1 Å². The van der Waals surface area contributed by atoms with Crippen LogP contribution < -0.4 is 5.32 Å². The predicted molar refractivity (Wildman–Crippen MR) is 55.5 cm³/mol. The van der Waals surface area contributed by atoms with E-state index in [-0.39, 0.29) is 24.8 Å². The van der Waals surface area contributed by atoms with Crippen LogP contribution in [0.15, 0.2) is 0 Å². The molecular weight excluding hydrogens is 199 g/mol. The van der Waals surface area contributed by atoms with Gasteiger partial charge in [-0.25, -0.2) is 0 Å². The molecule has 1 heterocycles. The summed E-state index contributed by atoms with van der Waals surface area (Å²) in [5.74, 6) is 0. The van der Waals surface area contributed by atoms with Gasteiger partial charge in [0.15, 0.2) is 0 Å². The van der Waals surface area contributed by atoms with E-state index in [1.165, 1.54) is 0 Å². The summed E-state index contributed by atoms with van der Waals surface area (Å²) in [5, 5.41) is 12.9. The smallest absolute Gasteiger partial charge is 0.0909 e. The van der Waals surface area contributed by atoms with Crippen molar-refractivity contribution < 1.29 is 5.11 Å². The zero-order valence-electron chi connectivity index (χ0n) is 7.54. The molecule has 1 atom stereocenters. The molecular formula is C7H18Cl2N2O. The highest BCUT2D eigenvalue weighted by Gasteiger charge is 2.30. The lowest BCUT2D eigenvalue weighted by molar-refractivity contribution is 0.0349. The van der Waals surface area contributed by atoms with Crippen LogP contribution in [0.2, 0.25) is 0 Å². The summed E-state index contributed by atoms with van der Waals surface area (Å²) in [6, 6.07) is 0. The summed E-state index contributed by atoms with van der Waals surface area (Å²) < 4.78 is 0. The monoisotopic (exact) mass is 216 g/mol. The molecule has 0 saturated carbocycles. The summed E-state index contributed by atoms with van der Waals surface area (Å²) >= 11 is 0. The fourth-order valence-electron chi connectivity index (χ4n) is 1.45. The van der Waals surface area contributed by atoms with Crippen molar-refractivity contribution in [3.8, 4) is 0 Å². The maximum atomic E-state index is 9.76. The van der Waals surface area contributed by atoms with Gasteiger partial charge in [0, 0.05) is 13.1 Å². The van der Waals surface area contributed by atoms with E-state index in [1.54, 1.807) is 0 Å². The lowest BCUT2D eigenvalue weighted by Crippen LogP contribution is -2.41. The van der Waals surface area contributed by atoms with Gasteiger partial charge in [-0.3, -0.25) is 0 Å². The Morgan fingerprint density at radius 1 is 1.42 bits per heavy atom. The molecule has 0 aliphatic carbocycles. The number of hydrogen-bond acceptors (Lipinski definition) is 3. The molecule has 1 fully saturated rings. The Morgan fingerprint density at radius 3 is 2.33 bits per heavy atom. The van der Waals surface area contributed by atoms with E-state index in [4.69, 9.17) is 0 Å². The van der Waals surface area contributed by atoms with Crippen LogP contribution in [0.25, 0.3) is 0 Å². The molecule has 2 N–H and O–H groups in total. The van der Waals surface area contributed by atoms with Crippen LogP contribution >= 0.6 is 24.8 Å². The SMILES string of the molecule is CN(C)CC1(O)CCNC1.Cl.Cl. The Kier molecular flexibility index (Phi) is 7.47. The molecule has 1 rings (SSSR count). The Morgan fingerprint density at radius 2 is 2.00 bits per heavy atom. The van der Waals surface area contributed by atoms with Crippen molar-refractivity contribution >= 4 is 24.8 Å². The van der Waals surface area contributed by atoms with Crippen LogP contribution in [0, 0.1) is 0 Å². The molecule has 1 aliphatic rings. The number of nitrogens with zero attached hydrogens (tertiary/aromatic N) is 1. The first-order valence-electron chi connectivity index (χ1n) is 3.70. The van der Waals surface area contributed by atoms with E-state index in [2.05, 4.69) is 5.32 Å². The van der Waals surface area contributed by atoms with E-state index in [9.17, 15) is 5.11 Å². The molecule has 1 saturated heterocycles. The minimum absolute atomic E-state index is 0. The van der Waals surface area contributed by atoms with Crippen LogP contribution in [-0.2, 0) is 0 Å². The molecule has 0 spiro atoms. The van der Waals surface area contributed by atoms with Crippen molar-refractivity contribution in [1.82, 2.24) is 10.2 Å². The van der Waals surface area contributed by atoms with E-state index < -0.39 is 5.60 Å². The summed E-state index contributed by atoms with van der Waals surface area (Å²) in [7, 11) is 3.96. The standard InChI is InChI=1S/C7H16N2O.2ClH/c1-9(2)6-7(10)3-4-8-5-7;;/h8,10H,3-6H2,1-2H3;2*1H. The first kappa shape index (κ1) is 15.0. The van der Waals surface area contributed by atoms with Gasteiger partial charge in [-0.2, -0.15) is 0 Å². The van der Waals surface area contributed by atoms with Gasteiger partial charge in [0.25, 0.3) is 0 Å². The highest BCUT2D eigenvalue weighted by Crippen LogP contribution is 2.14. The number of nitrogens with one attached hydrogen (secondary N) is 1. The van der Waals surface area contributed by atoms with Gasteiger partial charge in [-0.15, -0.1) is 24.8 Å². The lowest BCUT2D eigenvalue weighted by Gasteiger charge is -2.24. The minimum Gasteiger partial charge on any atom is -0.387 e. The number of halogens is 2. The van der Waals surface area contributed by atoms with Gasteiger partial charge in [0.2, 0.25) is 0 Å². The largest absolute Gasteiger partial charge is 0.387 e. The quantitative estimate of drug-likeness (QED) is 0.689. The Labute approximate surface area is 86.3 Å². The molecule has 0 bridgehead atoms. The van der Waals surface area contributed by atoms with E-state index in [0.29, 0.717) is 0 Å². The first-order valence-corrected chi connectivity index (χ1v) is 3.70. The third-order valence-corrected chi connectivity index (χ3v) is 1.83. The Bertz CT molecular complexity index is 116. The van der Waals surface area contributed by atoms with Crippen molar-refractivity contribution in [1.29, 1.82) is 0 Å². The lowest BCUT2D eigenvalue weighted by atomic mass is 10.0. The molecule has 0 radical (unpaired) electrons. The van der Waals surface area contributed by atoms with Crippen LogP contribution in [0.4, 0.5) is 0 Å². The molecule has 0 amide bonds. The summed E-state index contributed by atoms with van der Waals surface area (Å²) in [4.78, 5) is 2.02. The number of likely N-dealkylation sites (N-methyl/N-ethyl adjacent to an activating group) is 1. The number of hydrogen-bond donors (Lipinski definition) is 2. The molecule has 0 aromatic heterocycles. The average molecular weight is 217 g/mol. The molecule has 1 aliphatic heterocycles. The van der Waals surface area contributed by atoms with Crippen molar-refractivity contribution in [2.45, 2.75) is 12.0 Å². The molecule has 5 heteroatoms. The fourth-order valence-corrected chi connectivity index (χ4v) is 1.45. The molecule has 1 unspecified atom stereocenters. The van der Waals surface area contributed by atoms with Gasteiger partial charge >= 0.3 is 0 Å². The predicted octanol–water partition coefficient (Wildman–Crippen LogP) is 0.116. The normalized spacial score (nSPS) is 28.0. The van der Waals surface area contributed by atoms with Gasteiger partial charge in [0.05, 0.1) is 5.60 Å². The number of β-amino-alcohol motifs (C(OH)–C–C–N with tert-alkyl or cyclic N) is 1. The molecule has 0 aromatic carbocycles. The third-order valence-electron chi connectivity index (χ3n) is 1.83. The van der Waals surface area contributed by atoms with Crippen molar-refractivity contribution in [3.05, 3.63) is 0 Å². The van der Waals surface area contributed by atoms with Crippen molar-refractivity contribution in [3.63, 3.8) is 0 Å². The van der Waals surface area contributed by atoms with Crippen LogP contribution in [0.3, 0.4) is 0 Å². The zero-order chi connectivity index (χ0) is 7.61. The molecule has 12 heavy (non-hydrogen) atoms. The van der Waals surface area contributed by atoms with E-state index >= 15 is 0 Å². The first-order chi connectivity index (χ1) is 4.62. The number of rotatable bonds is 2. The minimum atomic E-state index is -0.469. The van der Waals surface area contributed by atoms with Gasteiger partial charge in [-0.05, 0) is 27.1 Å². The van der Waals surface area contributed by atoms with Crippen LogP contribution in [-0.4, -0.2) is 49.3 Å². The third kappa shape index (κ3) is 4.48. The summed E-state index contributed by atoms with van der Waals surface area (Å²) in [6.07, 6.45) is 0.880. The Balaban J connectivity index is 0. The second-order valence-corrected chi connectivity index (χ2v) is 3.39. The molecule has 3 nitrogen and oxygen atoms in total. The second kappa shape index (κ2) is 6.00. The average Bonchev–Trinajstić information content (AvgIpc) is 2.12. The summed E-state index contributed by atoms with van der Waals surface area (Å²) in [5.41, 5.74) is -0.469. The molecule has 76 valence electrons. The maximum absolute atomic E-state index is 9.76. The maximum Gasteiger partial charge on any atom is 0.0909 e. The van der Waals surface area contributed by atoms with Gasteiger partial charge in [-0.1, -0.05) is 0 Å². The zero-order valence-corrected chi connectivity index (χ0v) is 9.17. The second-order valence-electron chi connectivity index (χ2n) is 3.39.